The lowest BCUT2D eigenvalue weighted by molar-refractivity contribution is -0.137. The van der Waals surface area contributed by atoms with Crippen LogP contribution in [0.5, 0.6) is 0 Å². The predicted molar refractivity (Wildman–Crippen MR) is 122 cm³/mol. The molecule has 0 heterocycles. The van der Waals surface area contributed by atoms with Crippen molar-refractivity contribution in [2.45, 2.75) is 83.2 Å². The van der Waals surface area contributed by atoms with Crippen LogP contribution in [0.3, 0.4) is 0 Å². The van der Waals surface area contributed by atoms with Crippen LogP contribution in [0.4, 0.5) is 13.2 Å². The SMILES string of the molecule is CCCCCCCc1ccc([C@H]2CC[C@H](C#Cc3ccc(C(F)(F)F)cc3)CC2)cc1. The number of benzene rings is 2. The third kappa shape index (κ3) is 7.46. The molecule has 0 atom stereocenters. The van der Waals surface area contributed by atoms with Crippen molar-refractivity contribution in [1.29, 1.82) is 0 Å². The lowest BCUT2D eigenvalue weighted by atomic mass is 9.78. The van der Waals surface area contributed by atoms with Crippen molar-refractivity contribution in [3.8, 4) is 11.8 Å². The quantitative estimate of drug-likeness (QED) is 0.307. The molecule has 3 rings (SSSR count). The third-order valence-electron chi connectivity index (χ3n) is 6.38. The largest absolute Gasteiger partial charge is 0.416 e. The Balaban J connectivity index is 1.45. The maximum Gasteiger partial charge on any atom is 0.416 e. The summed E-state index contributed by atoms with van der Waals surface area (Å²) in [5.41, 5.74) is 2.90. The van der Waals surface area contributed by atoms with Gasteiger partial charge in [0.25, 0.3) is 0 Å². The Bertz CT molecular complexity index is 842. The zero-order valence-electron chi connectivity index (χ0n) is 18.5. The summed E-state index contributed by atoms with van der Waals surface area (Å²) in [5, 5.41) is 0. The molecule has 0 radical (unpaired) electrons. The molecule has 0 saturated heterocycles. The van der Waals surface area contributed by atoms with Crippen LogP contribution in [-0.2, 0) is 12.6 Å². The van der Waals surface area contributed by atoms with E-state index in [4.69, 9.17) is 0 Å². The molecule has 0 unspecified atom stereocenters. The summed E-state index contributed by atoms with van der Waals surface area (Å²) in [7, 11) is 0. The zero-order chi connectivity index (χ0) is 22.1. The minimum Gasteiger partial charge on any atom is -0.166 e. The maximum absolute atomic E-state index is 12.7. The Morgan fingerprint density at radius 3 is 2.06 bits per heavy atom. The zero-order valence-corrected chi connectivity index (χ0v) is 18.5. The summed E-state index contributed by atoms with van der Waals surface area (Å²) in [6.07, 6.45) is 7.83. The minimum atomic E-state index is -4.29. The molecule has 3 heteroatoms. The molecule has 31 heavy (non-hydrogen) atoms. The van der Waals surface area contributed by atoms with Crippen molar-refractivity contribution in [1.82, 2.24) is 0 Å². The van der Waals surface area contributed by atoms with Gasteiger partial charge in [0.2, 0.25) is 0 Å². The van der Waals surface area contributed by atoms with E-state index in [0.717, 1.165) is 37.8 Å². The van der Waals surface area contributed by atoms with E-state index >= 15 is 0 Å². The van der Waals surface area contributed by atoms with Gasteiger partial charge in [-0.3, -0.25) is 0 Å². The van der Waals surface area contributed by atoms with Gasteiger partial charge in [0, 0.05) is 11.5 Å². The van der Waals surface area contributed by atoms with Gasteiger partial charge in [0.05, 0.1) is 5.56 Å². The van der Waals surface area contributed by atoms with E-state index in [1.165, 1.54) is 61.8 Å². The second-order valence-electron chi connectivity index (χ2n) is 8.80. The van der Waals surface area contributed by atoms with Crippen LogP contribution in [0, 0.1) is 17.8 Å². The molecule has 2 aromatic rings. The van der Waals surface area contributed by atoms with Crippen molar-refractivity contribution < 1.29 is 13.2 Å². The second kappa shape index (κ2) is 11.4. The van der Waals surface area contributed by atoms with Crippen LogP contribution in [0.25, 0.3) is 0 Å². The summed E-state index contributed by atoms with van der Waals surface area (Å²) in [4.78, 5) is 0. The number of aryl methyl sites for hydroxylation is 1. The number of halogens is 3. The van der Waals surface area contributed by atoms with Crippen molar-refractivity contribution in [2.24, 2.45) is 5.92 Å². The first-order valence-electron chi connectivity index (χ1n) is 11.7. The van der Waals surface area contributed by atoms with E-state index in [0.29, 0.717) is 17.4 Å². The average Bonchev–Trinajstić information content (AvgIpc) is 2.78. The first kappa shape index (κ1) is 23.5. The molecular formula is C28H33F3. The minimum absolute atomic E-state index is 0.334. The number of unbranched alkanes of at least 4 members (excludes halogenated alkanes) is 4. The van der Waals surface area contributed by atoms with Gasteiger partial charge in [-0.2, -0.15) is 13.2 Å². The molecule has 1 saturated carbocycles. The normalized spacial score (nSPS) is 19.0. The molecule has 0 N–H and O–H groups in total. The first-order valence-corrected chi connectivity index (χ1v) is 11.7. The molecule has 166 valence electrons. The molecule has 0 nitrogen and oxygen atoms in total. The Morgan fingerprint density at radius 1 is 0.806 bits per heavy atom. The van der Waals surface area contributed by atoms with E-state index < -0.39 is 11.7 Å². The van der Waals surface area contributed by atoms with Gasteiger partial charge in [-0.25, -0.2) is 0 Å². The molecule has 0 amide bonds. The monoisotopic (exact) mass is 426 g/mol. The summed E-state index contributed by atoms with van der Waals surface area (Å²) in [6, 6.07) is 14.4. The highest BCUT2D eigenvalue weighted by Crippen LogP contribution is 2.36. The van der Waals surface area contributed by atoms with Crippen LogP contribution in [0.2, 0.25) is 0 Å². The number of alkyl halides is 3. The van der Waals surface area contributed by atoms with Crippen LogP contribution in [0.1, 0.15) is 92.9 Å². The van der Waals surface area contributed by atoms with E-state index in [1.54, 1.807) is 0 Å². The van der Waals surface area contributed by atoms with E-state index in [9.17, 15) is 13.2 Å². The summed E-state index contributed by atoms with van der Waals surface area (Å²) >= 11 is 0. The Morgan fingerprint density at radius 2 is 1.45 bits per heavy atom. The smallest absolute Gasteiger partial charge is 0.166 e. The highest BCUT2D eigenvalue weighted by Gasteiger charge is 2.29. The van der Waals surface area contributed by atoms with Crippen molar-refractivity contribution in [2.75, 3.05) is 0 Å². The lowest BCUT2D eigenvalue weighted by Gasteiger charge is -2.26. The predicted octanol–water partition coefficient (Wildman–Crippen LogP) is 8.54. The Labute approximate surface area is 185 Å². The van der Waals surface area contributed by atoms with Gasteiger partial charge in [0.15, 0.2) is 0 Å². The fraction of sp³-hybridized carbons (Fsp3) is 0.500. The van der Waals surface area contributed by atoms with Crippen molar-refractivity contribution in [3.05, 3.63) is 70.8 Å². The maximum atomic E-state index is 12.7. The van der Waals surface area contributed by atoms with Crippen LogP contribution in [0.15, 0.2) is 48.5 Å². The summed E-state index contributed by atoms with van der Waals surface area (Å²) in [5.74, 6) is 7.29. The molecule has 0 bridgehead atoms. The molecule has 2 aromatic carbocycles. The third-order valence-corrected chi connectivity index (χ3v) is 6.38. The first-order chi connectivity index (χ1) is 15.0. The highest BCUT2D eigenvalue weighted by atomic mass is 19.4. The molecule has 0 spiro atoms. The fourth-order valence-corrected chi connectivity index (χ4v) is 4.39. The van der Waals surface area contributed by atoms with Crippen LogP contribution >= 0.6 is 0 Å². The lowest BCUT2D eigenvalue weighted by Crippen LogP contribution is -2.12. The van der Waals surface area contributed by atoms with Gasteiger partial charge in [-0.1, -0.05) is 68.7 Å². The fourth-order valence-electron chi connectivity index (χ4n) is 4.39. The Hall–Kier alpha value is -2.21. The average molecular weight is 427 g/mol. The standard InChI is InChI=1S/C28H33F3/c1-2-3-4-5-6-7-22-10-16-25(17-11-22)26-18-12-23(13-19-26)8-9-24-14-20-27(21-15-24)28(29,30)31/h10-11,14-17,20-21,23,26H,2-7,12-13,18-19H2,1H3/t23-,26-. The highest BCUT2D eigenvalue weighted by molar-refractivity contribution is 5.37. The van der Waals surface area contributed by atoms with Gasteiger partial charge < -0.3 is 0 Å². The molecule has 1 aliphatic rings. The topological polar surface area (TPSA) is 0 Å². The van der Waals surface area contributed by atoms with Gasteiger partial charge in [-0.15, -0.1) is 0 Å². The molecule has 0 aromatic heterocycles. The number of rotatable bonds is 7. The summed E-state index contributed by atoms with van der Waals surface area (Å²) in [6.45, 7) is 2.25. The Kier molecular flexibility index (Phi) is 8.64. The molecule has 1 fully saturated rings. The van der Waals surface area contributed by atoms with Gasteiger partial charge >= 0.3 is 6.18 Å². The van der Waals surface area contributed by atoms with E-state index in [2.05, 4.69) is 43.0 Å². The van der Waals surface area contributed by atoms with Crippen LogP contribution < -0.4 is 0 Å². The number of hydrogen-bond acceptors (Lipinski definition) is 0. The second-order valence-corrected chi connectivity index (χ2v) is 8.80. The van der Waals surface area contributed by atoms with Gasteiger partial charge in [0.1, 0.15) is 0 Å². The summed E-state index contributed by atoms with van der Waals surface area (Å²) < 4.78 is 38.0. The molecule has 1 aliphatic carbocycles. The van der Waals surface area contributed by atoms with Crippen molar-refractivity contribution in [3.63, 3.8) is 0 Å². The van der Waals surface area contributed by atoms with E-state index in [-0.39, 0.29) is 0 Å². The molecule has 0 aliphatic heterocycles. The molecular weight excluding hydrogens is 393 g/mol. The number of hydrogen-bond donors (Lipinski definition) is 0. The van der Waals surface area contributed by atoms with Crippen molar-refractivity contribution >= 4 is 0 Å². The van der Waals surface area contributed by atoms with E-state index in [1.807, 2.05) is 0 Å². The van der Waals surface area contributed by atoms with Crippen LogP contribution in [-0.4, -0.2) is 0 Å². The van der Waals surface area contributed by atoms with Gasteiger partial charge in [-0.05, 0) is 79.8 Å².